The van der Waals surface area contributed by atoms with E-state index in [1.807, 2.05) is 0 Å². The molecule has 3 rings (SSSR count). The Morgan fingerprint density at radius 3 is 2.82 bits per heavy atom. The van der Waals surface area contributed by atoms with Crippen molar-refractivity contribution in [1.82, 2.24) is 0 Å². The average molecular weight is 239 g/mol. The van der Waals surface area contributed by atoms with E-state index in [0.29, 0.717) is 6.04 Å². The van der Waals surface area contributed by atoms with Crippen molar-refractivity contribution in [1.29, 1.82) is 0 Å². The smallest absolute Gasteiger partial charge is 0.0939 e. The van der Waals surface area contributed by atoms with Crippen LogP contribution in [0, 0.1) is 11.8 Å². The zero-order valence-corrected chi connectivity index (χ0v) is 10.7. The molecule has 0 aromatic rings. The van der Waals surface area contributed by atoms with Gasteiger partial charge < -0.3 is 15.2 Å². The first kappa shape index (κ1) is 11.9. The third-order valence-electron chi connectivity index (χ3n) is 4.80. The first-order valence-electron chi connectivity index (χ1n) is 7.25. The van der Waals surface area contributed by atoms with Crippen molar-refractivity contribution in [3.05, 3.63) is 0 Å². The predicted molar refractivity (Wildman–Crippen MR) is 66.8 cm³/mol. The molecule has 3 nitrogen and oxygen atoms in total. The third-order valence-corrected chi connectivity index (χ3v) is 4.80. The van der Waals surface area contributed by atoms with Crippen LogP contribution < -0.4 is 5.73 Å². The van der Waals surface area contributed by atoms with Crippen molar-refractivity contribution in [2.45, 2.75) is 56.6 Å². The number of hydrogen-bond acceptors (Lipinski definition) is 3. The summed E-state index contributed by atoms with van der Waals surface area (Å²) >= 11 is 0. The topological polar surface area (TPSA) is 44.5 Å². The molecule has 1 spiro atoms. The molecular weight excluding hydrogens is 214 g/mol. The fourth-order valence-electron chi connectivity index (χ4n) is 3.43. The Labute approximate surface area is 104 Å². The van der Waals surface area contributed by atoms with Crippen LogP contribution in [0.3, 0.4) is 0 Å². The second-order valence-electron chi connectivity index (χ2n) is 6.27. The molecule has 3 heteroatoms. The lowest BCUT2D eigenvalue weighted by atomic mass is 9.82. The number of ether oxygens (including phenoxy) is 2. The fraction of sp³-hybridized carbons (Fsp3) is 1.00. The summed E-state index contributed by atoms with van der Waals surface area (Å²) < 4.78 is 11.5. The molecular formula is C14H25NO2. The summed E-state index contributed by atoms with van der Waals surface area (Å²) in [7, 11) is 0. The van der Waals surface area contributed by atoms with Crippen molar-refractivity contribution >= 4 is 0 Å². The molecule has 1 saturated carbocycles. The molecule has 0 bridgehead atoms. The van der Waals surface area contributed by atoms with Crippen LogP contribution in [0.2, 0.25) is 0 Å². The highest BCUT2D eigenvalue weighted by Gasteiger charge is 2.41. The van der Waals surface area contributed by atoms with Crippen LogP contribution in [0.1, 0.15) is 44.9 Å². The monoisotopic (exact) mass is 239 g/mol. The van der Waals surface area contributed by atoms with E-state index in [4.69, 9.17) is 15.2 Å². The fourth-order valence-corrected chi connectivity index (χ4v) is 3.43. The van der Waals surface area contributed by atoms with Gasteiger partial charge in [-0.25, -0.2) is 0 Å². The van der Waals surface area contributed by atoms with Gasteiger partial charge in [0.1, 0.15) is 0 Å². The number of nitrogens with two attached hydrogens (primary N) is 1. The molecule has 2 heterocycles. The van der Waals surface area contributed by atoms with Gasteiger partial charge in [-0.15, -0.1) is 0 Å². The Morgan fingerprint density at radius 2 is 2.12 bits per heavy atom. The Hall–Kier alpha value is -0.120. The zero-order chi connectivity index (χ0) is 11.7. The highest BCUT2D eigenvalue weighted by Crippen LogP contribution is 2.39. The van der Waals surface area contributed by atoms with Crippen molar-refractivity contribution in [2.24, 2.45) is 17.6 Å². The first-order chi connectivity index (χ1) is 8.27. The lowest BCUT2D eigenvalue weighted by Crippen LogP contribution is -2.40. The maximum atomic E-state index is 6.19. The van der Waals surface area contributed by atoms with Crippen LogP contribution in [0.4, 0.5) is 0 Å². The second-order valence-corrected chi connectivity index (χ2v) is 6.27. The largest absolute Gasteiger partial charge is 0.378 e. The molecule has 2 N–H and O–H groups in total. The summed E-state index contributed by atoms with van der Waals surface area (Å²) in [6.45, 7) is 2.62. The van der Waals surface area contributed by atoms with Crippen molar-refractivity contribution in [3.63, 3.8) is 0 Å². The molecule has 0 amide bonds. The molecule has 0 aromatic heterocycles. The van der Waals surface area contributed by atoms with Crippen molar-refractivity contribution in [3.8, 4) is 0 Å². The molecule has 3 aliphatic rings. The van der Waals surface area contributed by atoms with E-state index in [1.54, 1.807) is 0 Å². The van der Waals surface area contributed by atoms with Gasteiger partial charge in [0, 0.05) is 25.7 Å². The summed E-state index contributed by atoms with van der Waals surface area (Å²) in [5, 5.41) is 0. The van der Waals surface area contributed by atoms with Gasteiger partial charge in [-0.05, 0) is 50.4 Å². The second kappa shape index (κ2) is 4.87. The van der Waals surface area contributed by atoms with Gasteiger partial charge in [0.15, 0.2) is 0 Å². The summed E-state index contributed by atoms with van der Waals surface area (Å²) in [5.74, 6) is 1.66. The van der Waals surface area contributed by atoms with Crippen molar-refractivity contribution in [2.75, 3.05) is 19.8 Å². The predicted octanol–water partition coefficient (Wildman–Crippen LogP) is 2.09. The van der Waals surface area contributed by atoms with Gasteiger partial charge in [-0.2, -0.15) is 0 Å². The minimum Gasteiger partial charge on any atom is -0.378 e. The van der Waals surface area contributed by atoms with E-state index >= 15 is 0 Å². The first-order valence-corrected chi connectivity index (χ1v) is 7.25. The van der Waals surface area contributed by atoms with Gasteiger partial charge in [0.25, 0.3) is 0 Å². The summed E-state index contributed by atoms with van der Waals surface area (Å²) in [6, 6.07) is 0.466. The zero-order valence-electron chi connectivity index (χ0n) is 10.7. The highest BCUT2D eigenvalue weighted by atomic mass is 16.6. The Balaban J connectivity index is 1.46. The lowest BCUT2D eigenvalue weighted by molar-refractivity contribution is -0.0991. The van der Waals surface area contributed by atoms with E-state index in [9.17, 15) is 0 Å². The average Bonchev–Trinajstić information content (AvgIpc) is 3.10. The van der Waals surface area contributed by atoms with Gasteiger partial charge in [-0.1, -0.05) is 0 Å². The quantitative estimate of drug-likeness (QED) is 0.817. The number of rotatable bonds is 4. The lowest BCUT2D eigenvalue weighted by Gasteiger charge is -2.37. The van der Waals surface area contributed by atoms with Crippen LogP contribution in [0.25, 0.3) is 0 Å². The molecule has 0 radical (unpaired) electrons. The third kappa shape index (κ3) is 2.83. The van der Waals surface area contributed by atoms with Crippen LogP contribution in [0.15, 0.2) is 0 Å². The van der Waals surface area contributed by atoms with Crippen LogP contribution >= 0.6 is 0 Å². The molecule has 2 saturated heterocycles. The van der Waals surface area contributed by atoms with Gasteiger partial charge in [0.05, 0.1) is 12.2 Å². The summed E-state index contributed by atoms with van der Waals surface area (Å²) in [4.78, 5) is 0. The van der Waals surface area contributed by atoms with E-state index < -0.39 is 0 Å². The van der Waals surface area contributed by atoms with E-state index in [2.05, 4.69) is 0 Å². The molecule has 17 heavy (non-hydrogen) atoms. The summed E-state index contributed by atoms with van der Waals surface area (Å²) in [5.41, 5.74) is 6.26. The van der Waals surface area contributed by atoms with Crippen LogP contribution in [-0.4, -0.2) is 31.5 Å². The maximum Gasteiger partial charge on any atom is 0.0939 e. The minimum atomic E-state index is 0.0760. The van der Waals surface area contributed by atoms with E-state index in [1.165, 1.54) is 38.5 Å². The maximum absolute atomic E-state index is 6.19. The van der Waals surface area contributed by atoms with Gasteiger partial charge >= 0.3 is 0 Å². The van der Waals surface area contributed by atoms with Gasteiger partial charge in [0.2, 0.25) is 0 Å². The molecule has 0 aromatic carbocycles. The van der Waals surface area contributed by atoms with E-state index in [0.717, 1.165) is 38.1 Å². The molecule has 1 aliphatic carbocycles. The standard InChI is InChI=1S/C14H25NO2/c15-13(12-2-3-12)4-1-11-5-7-17-14(9-11)6-8-16-10-14/h11-13H,1-10,15H2. The van der Waals surface area contributed by atoms with Crippen molar-refractivity contribution < 1.29 is 9.47 Å². The molecule has 3 unspecified atom stereocenters. The van der Waals surface area contributed by atoms with Gasteiger partial charge in [-0.3, -0.25) is 0 Å². The number of hydrogen-bond donors (Lipinski definition) is 1. The molecule has 2 aliphatic heterocycles. The molecule has 98 valence electrons. The minimum absolute atomic E-state index is 0.0760. The van der Waals surface area contributed by atoms with Crippen LogP contribution in [-0.2, 0) is 9.47 Å². The normalized spacial score (nSPS) is 39.7. The Bertz CT molecular complexity index is 259. The van der Waals surface area contributed by atoms with Crippen LogP contribution in [0.5, 0.6) is 0 Å². The Kier molecular flexibility index (Phi) is 3.42. The molecule has 3 atom stereocenters. The highest BCUT2D eigenvalue weighted by molar-refractivity contribution is 4.91. The van der Waals surface area contributed by atoms with E-state index in [-0.39, 0.29) is 5.60 Å². The Morgan fingerprint density at radius 1 is 1.24 bits per heavy atom. The SMILES string of the molecule is NC(CCC1CCOC2(CCOC2)C1)C1CC1. The summed E-state index contributed by atoms with van der Waals surface area (Å²) in [6.07, 6.45) is 8.76. The molecule has 3 fully saturated rings.